The summed E-state index contributed by atoms with van der Waals surface area (Å²) in [5, 5.41) is 6.49. The number of rotatable bonds is 5. The highest BCUT2D eigenvalue weighted by Crippen LogP contribution is 2.37. The van der Waals surface area contributed by atoms with Crippen molar-refractivity contribution in [1.29, 1.82) is 0 Å². The van der Waals surface area contributed by atoms with E-state index in [0.29, 0.717) is 5.91 Å². The van der Waals surface area contributed by atoms with Gasteiger partial charge in [0.05, 0.1) is 5.41 Å². The van der Waals surface area contributed by atoms with E-state index in [2.05, 4.69) is 24.5 Å². The SMILES string of the molecule is CCCC1(C(=O)NCC2CC2C)CCNC1. The minimum Gasteiger partial charge on any atom is -0.355 e. The van der Waals surface area contributed by atoms with Gasteiger partial charge in [-0.2, -0.15) is 0 Å². The molecular weight excluding hydrogens is 200 g/mol. The van der Waals surface area contributed by atoms with Gasteiger partial charge in [0.15, 0.2) is 0 Å². The molecular formula is C13H24N2O. The van der Waals surface area contributed by atoms with Crippen LogP contribution in [0.1, 0.15) is 39.5 Å². The first-order valence-corrected chi connectivity index (χ1v) is 6.67. The molecule has 3 unspecified atom stereocenters. The number of carbonyl (C=O) groups is 1. The standard InChI is InChI=1S/C13H24N2O/c1-3-4-13(5-6-14-9-13)12(16)15-8-11-7-10(11)2/h10-11,14H,3-9H2,1-2H3,(H,15,16). The summed E-state index contributed by atoms with van der Waals surface area (Å²) in [6.45, 7) is 7.18. The topological polar surface area (TPSA) is 41.1 Å². The van der Waals surface area contributed by atoms with Crippen LogP contribution in [0.15, 0.2) is 0 Å². The molecule has 0 aromatic heterocycles. The highest BCUT2D eigenvalue weighted by Gasteiger charge is 2.41. The third kappa shape index (κ3) is 2.40. The molecule has 2 aliphatic rings. The van der Waals surface area contributed by atoms with Gasteiger partial charge in [-0.25, -0.2) is 0 Å². The van der Waals surface area contributed by atoms with Crippen LogP contribution in [0.4, 0.5) is 0 Å². The minimum atomic E-state index is -0.104. The molecule has 1 amide bonds. The van der Waals surface area contributed by atoms with E-state index in [1.807, 2.05) is 0 Å². The van der Waals surface area contributed by atoms with Gasteiger partial charge >= 0.3 is 0 Å². The molecule has 2 fully saturated rings. The molecule has 3 heteroatoms. The van der Waals surface area contributed by atoms with Gasteiger partial charge in [-0.3, -0.25) is 4.79 Å². The smallest absolute Gasteiger partial charge is 0.227 e. The molecule has 92 valence electrons. The molecule has 16 heavy (non-hydrogen) atoms. The van der Waals surface area contributed by atoms with Crippen LogP contribution in [0.3, 0.4) is 0 Å². The van der Waals surface area contributed by atoms with Gasteiger partial charge in [0.25, 0.3) is 0 Å². The fourth-order valence-electron chi connectivity index (χ4n) is 2.84. The molecule has 1 aliphatic carbocycles. The summed E-state index contributed by atoms with van der Waals surface area (Å²) in [5.41, 5.74) is -0.104. The average Bonchev–Trinajstić information content (AvgIpc) is 2.78. The molecule has 0 bridgehead atoms. The van der Waals surface area contributed by atoms with Gasteiger partial charge < -0.3 is 10.6 Å². The van der Waals surface area contributed by atoms with Crippen molar-refractivity contribution in [3.8, 4) is 0 Å². The second kappa shape index (κ2) is 4.74. The van der Waals surface area contributed by atoms with Crippen molar-refractivity contribution < 1.29 is 4.79 Å². The molecule has 3 atom stereocenters. The normalized spacial score (nSPS) is 37.4. The van der Waals surface area contributed by atoms with E-state index >= 15 is 0 Å². The lowest BCUT2D eigenvalue weighted by Gasteiger charge is -2.26. The van der Waals surface area contributed by atoms with Gasteiger partial charge in [-0.05, 0) is 37.6 Å². The van der Waals surface area contributed by atoms with Crippen LogP contribution < -0.4 is 10.6 Å². The predicted octanol–water partition coefficient (Wildman–Crippen LogP) is 1.54. The van der Waals surface area contributed by atoms with Gasteiger partial charge in [-0.15, -0.1) is 0 Å². The van der Waals surface area contributed by atoms with E-state index in [1.165, 1.54) is 6.42 Å². The lowest BCUT2D eigenvalue weighted by molar-refractivity contribution is -0.130. The summed E-state index contributed by atoms with van der Waals surface area (Å²) in [5.74, 6) is 1.86. The first-order chi connectivity index (χ1) is 7.68. The number of hydrogen-bond donors (Lipinski definition) is 2. The Labute approximate surface area is 98.4 Å². The molecule has 3 nitrogen and oxygen atoms in total. The Bertz CT molecular complexity index is 259. The summed E-state index contributed by atoms with van der Waals surface area (Å²) in [7, 11) is 0. The summed E-state index contributed by atoms with van der Waals surface area (Å²) in [4.78, 5) is 12.2. The van der Waals surface area contributed by atoms with Crippen LogP contribution in [0.25, 0.3) is 0 Å². The third-order valence-corrected chi connectivity index (χ3v) is 4.25. The molecule has 2 N–H and O–H groups in total. The number of hydrogen-bond acceptors (Lipinski definition) is 2. The molecule has 0 aromatic rings. The summed E-state index contributed by atoms with van der Waals surface area (Å²) < 4.78 is 0. The first kappa shape index (κ1) is 11.9. The largest absolute Gasteiger partial charge is 0.355 e. The highest BCUT2D eigenvalue weighted by atomic mass is 16.2. The average molecular weight is 224 g/mol. The van der Waals surface area contributed by atoms with E-state index < -0.39 is 0 Å². The Morgan fingerprint density at radius 3 is 2.81 bits per heavy atom. The Morgan fingerprint density at radius 2 is 2.31 bits per heavy atom. The molecule has 1 heterocycles. The van der Waals surface area contributed by atoms with Gasteiger partial charge in [0.2, 0.25) is 5.91 Å². The van der Waals surface area contributed by atoms with E-state index in [9.17, 15) is 4.79 Å². The maximum absolute atomic E-state index is 12.2. The highest BCUT2D eigenvalue weighted by molar-refractivity contribution is 5.83. The molecule has 1 aliphatic heterocycles. The maximum atomic E-state index is 12.2. The minimum absolute atomic E-state index is 0.104. The van der Waals surface area contributed by atoms with Crippen LogP contribution in [0.5, 0.6) is 0 Å². The van der Waals surface area contributed by atoms with Crippen molar-refractivity contribution in [2.24, 2.45) is 17.3 Å². The number of amides is 1. The molecule has 0 radical (unpaired) electrons. The van der Waals surface area contributed by atoms with Crippen molar-refractivity contribution in [3.63, 3.8) is 0 Å². The summed E-state index contributed by atoms with van der Waals surface area (Å²) >= 11 is 0. The Hall–Kier alpha value is -0.570. The maximum Gasteiger partial charge on any atom is 0.227 e. The van der Waals surface area contributed by atoms with Crippen LogP contribution in [-0.4, -0.2) is 25.5 Å². The van der Waals surface area contributed by atoms with Crippen molar-refractivity contribution >= 4 is 5.91 Å². The van der Waals surface area contributed by atoms with Gasteiger partial charge in [-0.1, -0.05) is 20.3 Å². The van der Waals surface area contributed by atoms with Gasteiger partial charge in [0.1, 0.15) is 0 Å². The Morgan fingerprint density at radius 1 is 1.56 bits per heavy atom. The zero-order valence-corrected chi connectivity index (χ0v) is 10.5. The van der Waals surface area contributed by atoms with Crippen molar-refractivity contribution in [1.82, 2.24) is 10.6 Å². The zero-order valence-electron chi connectivity index (χ0n) is 10.5. The zero-order chi connectivity index (χ0) is 11.6. The Kier molecular flexibility index (Phi) is 3.53. The van der Waals surface area contributed by atoms with Crippen molar-refractivity contribution in [3.05, 3.63) is 0 Å². The fourth-order valence-corrected chi connectivity index (χ4v) is 2.84. The van der Waals surface area contributed by atoms with Crippen LogP contribution in [-0.2, 0) is 4.79 Å². The number of carbonyl (C=O) groups excluding carboxylic acids is 1. The lowest BCUT2D eigenvalue weighted by atomic mass is 9.81. The fraction of sp³-hybridized carbons (Fsp3) is 0.923. The van der Waals surface area contributed by atoms with Crippen LogP contribution >= 0.6 is 0 Å². The quantitative estimate of drug-likeness (QED) is 0.743. The van der Waals surface area contributed by atoms with Gasteiger partial charge in [0, 0.05) is 13.1 Å². The Balaban J connectivity index is 1.84. The second-order valence-corrected chi connectivity index (χ2v) is 5.64. The molecule has 0 aromatic carbocycles. The van der Waals surface area contributed by atoms with E-state index in [0.717, 1.165) is 50.7 Å². The molecule has 2 rings (SSSR count). The third-order valence-electron chi connectivity index (χ3n) is 4.25. The van der Waals surface area contributed by atoms with Crippen molar-refractivity contribution in [2.75, 3.05) is 19.6 Å². The molecule has 1 saturated heterocycles. The van der Waals surface area contributed by atoms with E-state index in [4.69, 9.17) is 0 Å². The number of nitrogens with one attached hydrogen (secondary N) is 2. The lowest BCUT2D eigenvalue weighted by Crippen LogP contribution is -2.43. The van der Waals surface area contributed by atoms with Crippen molar-refractivity contribution in [2.45, 2.75) is 39.5 Å². The van der Waals surface area contributed by atoms with E-state index in [1.54, 1.807) is 0 Å². The second-order valence-electron chi connectivity index (χ2n) is 5.64. The monoisotopic (exact) mass is 224 g/mol. The predicted molar refractivity (Wildman–Crippen MR) is 65.1 cm³/mol. The molecule has 0 spiro atoms. The summed E-state index contributed by atoms with van der Waals surface area (Å²) in [6, 6.07) is 0. The van der Waals surface area contributed by atoms with Crippen LogP contribution in [0.2, 0.25) is 0 Å². The summed E-state index contributed by atoms with van der Waals surface area (Å²) in [6.07, 6.45) is 4.41. The molecule has 1 saturated carbocycles. The van der Waals surface area contributed by atoms with E-state index in [-0.39, 0.29) is 5.41 Å². The first-order valence-electron chi connectivity index (χ1n) is 6.67. The van der Waals surface area contributed by atoms with Crippen LogP contribution in [0, 0.1) is 17.3 Å².